The highest BCUT2D eigenvalue weighted by Gasteiger charge is 2.28. The first-order chi connectivity index (χ1) is 13.0. The lowest BCUT2D eigenvalue weighted by molar-refractivity contribution is 0.223. The Balaban J connectivity index is 1.45. The zero-order chi connectivity index (χ0) is 19.4. The minimum Gasteiger partial charge on any atom is -0.207 e. The minimum absolute atomic E-state index is 0.0321. The van der Waals surface area contributed by atoms with Gasteiger partial charge in [0.25, 0.3) is 0 Å². The quantitative estimate of drug-likeness (QED) is 0.438. The van der Waals surface area contributed by atoms with Crippen LogP contribution in [0.5, 0.6) is 0 Å². The number of rotatable bonds is 6. The Morgan fingerprint density at radius 3 is 1.74 bits per heavy atom. The van der Waals surface area contributed by atoms with Gasteiger partial charge in [0.1, 0.15) is 5.82 Å². The van der Waals surface area contributed by atoms with Crippen molar-refractivity contribution in [1.82, 2.24) is 0 Å². The largest absolute Gasteiger partial charge is 0.207 e. The van der Waals surface area contributed by atoms with E-state index in [9.17, 15) is 13.2 Å². The molecule has 152 valence electrons. The average Bonchev–Trinajstić information content (AvgIpc) is 2.69. The summed E-state index contributed by atoms with van der Waals surface area (Å²) >= 11 is 0. The topological polar surface area (TPSA) is 0 Å². The summed E-state index contributed by atoms with van der Waals surface area (Å²) in [6.07, 6.45) is 14.8. The first-order valence-corrected chi connectivity index (χ1v) is 11.1. The lowest BCUT2D eigenvalue weighted by atomic mass is 9.74. The van der Waals surface area contributed by atoms with Gasteiger partial charge in [-0.2, -0.15) is 0 Å². The Bertz CT molecular complexity index is 609. The van der Waals surface area contributed by atoms with Crippen LogP contribution in [0.3, 0.4) is 0 Å². The van der Waals surface area contributed by atoms with E-state index in [0.29, 0.717) is 5.92 Å². The maximum Gasteiger partial charge on any atom is 0.164 e. The molecule has 27 heavy (non-hydrogen) atoms. The number of hydrogen-bond acceptors (Lipinski definition) is 0. The molecule has 0 amide bonds. The second-order valence-electron chi connectivity index (χ2n) is 9.17. The van der Waals surface area contributed by atoms with Gasteiger partial charge in [-0.1, -0.05) is 58.3 Å². The summed E-state index contributed by atoms with van der Waals surface area (Å²) in [7, 11) is 0. The molecule has 1 aromatic carbocycles. The van der Waals surface area contributed by atoms with Crippen LogP contribution in [-0.2, 0) is 0 Å². The van der Waals surface area contributed by atoms with E-state index in [-0.39, 0.29) is 17.0 Å². The molecule has 0 aromatic heterocycles. The van der Waals surface area contributed by atoms with Crippen molar-refractivity contribution in [3.63, 3.8) is 0 Å². The highest BCUT2D eigenvalue weighted by Crippen LogP contribution is 2.41. The fraction of sp³-hybridized carbons (Fsp3) is 0.750. The van der Waals surface area contributed by atoms with Crippen molar-refractivity contribution in [2.24, 2.45) is 17.8 Å². The predicted octanol–water partition coefficient (Wildman–Crippen LogP) is 8.07. The standard InChI is InChI=1S/C24H35F3/c1-3-4-17-5-7-18(8-6-17)9-10-19-11-13-20(14-12-19)21-15-22(25)16(2)23(26)24(21)27/h15,17-20H,3-14H2,1-2H3. The van der Waals surface area contributed by atoms with Gasteiger partial charge >= 0.3 is 0 Å². The SMILES string of the molecule is CCCC1CCC(CCC2CCC(c3cc(F)c(C)c(F)c3F)CC2)CC1. The molecule has 2 fully saturated rings. The van der Waals surface area contributed by atoms with E-state index in [1.54, 1.807) is 0 Å². The van der Waals surface area contributed by atoms with Crippen LogP contribution in [0.1, 0.15) is 101 Å². The summed E-state index contributed by atoms with van der Waals surface area (Å²) in [5, 5.41) is 0. The Kier molecular flexibility index (Phi) is 7.28. The second-order valence-corrected chi connectivity index (χ2v) is 9.17. The molecule has 0 aliphatic heterocycles. The van der Waals surface area contributed by atoms with E-state index in [2.05, 4.69) is 6.92 Å². The van der Waals surface area contributed by atoms with Crippen molar-refractivity contribution in [2.75, 3.05) is 0 Å². The molecule has 0 bridgehead atoms. The first kappa shape index (κ1) is 20.7. The molecule has 0 N–H and O–H groups in total. The molecule has 0 radical (unpaired) electrons. The molecule has 0 heterocycles. The van der Waals surface area contributed by atoms with Crippen LogP contribution in [0.15, 0.2) is 6.07 Å². The van der Waals surface area contributed by atoms with Crippen molar-refractivity contribution < 1.29 is 13.2 Å². The highest BCUT2D eigenvalue weighted by molar-refractivity contribution is 5.30. The molecule has 2 aliphatic rings. The van der Waals surface area contributed by atoms with Gasteiger partial charge in [0, 0.05) is 5.56 Å². The molecule has 2 aliphatic carbocycles. The third kappa shape index (κ3) is 5.09. The van der Waals surface area contributed by atoms with E-state index < -0.39 is 17.5 Å². The highest BCUT2D eigenvalue weighted by atomic mass is 19.2. The molecule has 1 aromatic rings. The summed E-state index contributed by atoms with van der Waals surface area (Å²) in [4.78, 5) is 0. The summed E-state index contributed by atoms with van der Waals surface area (Å²) in [6.45, 7) is 3.58. The molecule has 2 saturated carbocycles. The van der Waals surface area contributed by atoms with Gasteiger partial charge in [-0.25, -0.2) is 13.2 Å². The third-order valence-corrected chi connectivity index (χ3v) is 7.35. The maximum atomic E-state index is 14.3. The first-order valence-electron chi connectivity index (χ1n) is 11.1. The van der Waals surface area contributed by atoms with Gasteiger partial charge in [-0.05, 0) is 67.9 Å². The number of halogens is 3. The Hall–Kier alpha value is -0.990. The van der Waals surface area contributed by atoms with Crippen LogP contribution in [-0.4, -0.2) is 0 Å². The van der Waals surface area contributed by atoms with Gasteiger partial charge < -0.3 is 0 Å². The monoisotopic (exact) mass is 380 g/mol. The van der Waals surface area contributed by atoms with Gasteiger partial charge in [0.2, 0.25) is 0 Å². The summed E-state index contributed by atoms with van der Waals surface area (Å²) in [6, 6.07) is 1.23. The van der Waals surface area contributed by atoms with E-state index in [1.807, 2.05) is 0 Å². The van der Waals surface area contributed by atoms with E-state index in [4.69, 9.17) is 0 Å². The van der Waals surface area contributed by atoms with Crippen LogP contribution in [0.2, 0.25) is 0 Å². The fourth-order valence-corrected chi connectivity index (χ4v) is 5.45. The molecule has 0 spiro atoms. The normalized spacial score (nSPS) is 29.1. The van der Waals surface area contributed by atoms with Crippen LogP contribution in [0, 0.1) is 42.1 Å². The molecule has 3 rings (SSSR count). The summed E-state index contributed by atoms with van der Waals surface area (Å²) in [5.41, 5.74) is 0.0434. The number of benzene rings is 1. The van der Waals surface area contributed by atoms with Crippen LogP contribution in [0.4, 0.5) is 13.2 Å². The predicted molar refractivity (Wildman–Crippen MR) is 105 cm³/mol. The Labute approximate surface area is 162 Å². The molecular formula is C24H35F3. The van der Waals surface area contributed by atoms with Crippen molar-refractivity contribution in [3.05, 3.63) is 34.6 Å². The van der Waals surface area contributed by atoms with Crippen LogP contribution < -0.4 is 0 Å². The third-order valence-electron chi connectivity index (χ3n) is 7.35. The molecule has 3 heteroatoms. The van der Waals surface area contributed by atoms with E-state index in [0.717, 1.165) is 37.5 Å². The van der Waals surface area contributed by atoms with Crippen LogP contribution >= 0.6 is 0 Å². The molecule has 0 saturated heterocycles. The van der Waals surface area contributed by atoms with Gasteiger partial charge in [-0.3, -0.25) is 0 Å². The van der Waals surface area contributed by atoms with Crippen LogP contribution in [0.25, 0.3) is 0 Å². The van der Waals surface area contributed by atoms with Gasteiger partial charge in [0.15, 0.2) is 11.6 Å². The summed E-state index contributed by atoms with van der Waals surface area (Å²) in [5.74, 6) is 0.0743. The van der Waals surface area contributed by atoms with Crippen molar-refractivity contribution >= 4 is 0 Å². The maximum absolute atomic E-state index is 14.3. The fourth-order valence-electron chi connectivity index (χ4n) is 5.45. The average molecular weight is 381 g/mol. The van der Waals surface area contributed by atoms with Crippen molar-refractivity contribution in [1.29, 1.82) is 0 Å². The smallest absolute Gasteiger partial charge is 0.164 e. The Morgan fingerprint density at radius 2 is 1.22 bits per heavy atom. The lowest BCUT2D eigenvalue weighted by Gasteiger charge is -2.32. The Morgan fingerprint density at radius 1 is 0.741 bits per heavy atom. The van der Waals surface area contributed by atoms with Crippen molar-refractivity contribution in [3.8, 4) is 0 Å². The van der Waals surface area contributed by atoms with Gasteiger partial charge in [0.05, 0.1) is 0 Å². The van der Waals surface area contributed by atoms with E-state index >= 15 is 0 Å². The lowest BCUT2D eigenvalue weighted by Crippen LogP contribution is -2.18. The molecule has 0 atom stereocenters. The molecule has 0 nitrogen and oxygen atoms in total. The molecular weight excluding hydrogens is 345 g/mol. The molecule has 0 unspecified atom stereocenters. The minimum atomic E-state index is -1.01. The number of hydrogen-bond donors (Lipinski definition) is 0. The van der Waals surface area contributed by atoms with Crippen molar-refractivity contribution in [2.45, 2.75) is 96.8 Å². The van der Waals surface area contributed by atoms with E-state index in [1.165, 1.54) is 64.4 Å². The zero-order valence-electron chi connectivity index (χ0n) is 17.0. The second kappa shape index (κ2) is 9.47. The summed E-state index contributed by atoms with van der Waals surface area (Å²) < 4.78 is 42.0. The zero-order valence-corrected chi connectivity index (χ0v) is 17.0. The van der Waals surface area contributed by atoms with Gasteiger partial charge in [-0.15, -0.1) is 0 Å².